The first-order valence-corrected chi connectivity index (χ1v) is 7.90. The maximum atomic E-state index is 12.7. The van der Waals surface area contributed by atoms with E-state index in [0.717, 1.165) is 25.2 Å². The molecule has 1 aromatic heterocycles. The third kappa shape index (κ3) is 2.64. The fourth-order valence-corrected chi connectivity index (χ4v) is 3.59. The molecule has 1 unspecified atom stereocenters. The van der Waals surface area contributed by atoms with E-state index in [1.165, 1.54) is 32.4 Å². The van der Waals surface area contributed by atoms with Gasteiger partial charge in [0.2, 0.25) is 0 Å². The average Bonchev–Trinajstić information content (AvgIpc) is 3.06. The normalized spacial score (nSPS) is 23.7. The molecule has 2 N–H and O–H groups in total. The second-order valence-corrected chi connectivity index (χ2v) is 6.26. The van der Waals surface area contributed by atoms with Crippen molar-refractivity contribution in [3.63, 3.8) is 0 Å². The van der Waals surface area contributed by atoms with Crippen molar-refractivity contribution in [1.82, 2.24) is 19.6 Å². The highest BCUT2D eigenvalue weighted by Crippen LogP contribution is 2.24. The van der Waals surface area contributed by atoms with Crippen LogP contribution in [0.15, 0.2) is 0 Å². The summed E-state index contributed by atoms with van der Waals surface area (Å²) in [6, 6.07) is 0.518. The molecule has 6 heteroatoms. The van der Waals surface area contributed by atoms with Gasteiger partial charge in [0, 0.05) is 26.2 Å². The number of rotatable bonds is 2. The van der Waals surface area contributed by atoms with Gasteiger partial charge in [0.1, 0.15) is 5.69 Å². The minimum Gasteiger partial charge on any atom is -0.395 e. The second kappa shape index (κ2) is 5.67. The Morgan fingerprint density at radius 1 is 1.24 bits per heavy atom. The molecule has 2 aliphatic rings. The Bertz CT molecular complexity index is 532. The number of hydrogen-bond acceptors (Lipinski definition) is 4. The summed E-state index contributed by atoms with van der Waals surface area (Å²) in [4.78, 5) is 17.2. The first-order chi connectivity index (χ1) is 10.1. The molecule has 2 aliphatic heterocycles. The second-order valence-electron chi connectivity index (χ2n) is 6.26. The van der Waals surface area contributed by atoms with E-state index < -0.39 is 0 Å². The SMILES string of the molecule is Cc1nn(C)c(C(=O)N2CCC(N3CCCCC3)C2)c1N. The summed E-state index contributed by atoms with van der Waals surface area (Å²) in [7, 11) is 1.79. The Balaban J connectivity index is 1.69. The van der Waals surface area contributed by atoms with E-state index in [9.17, 15) is 4.79 Å². The van der Waals surface area contributed by atoms with Gasteiger partial charge in [-0.05, 0) is 39.3 Å². The van der Waals surface area contributed by atoms with Gasteiger partial charge in [0.15, 0.2) is 0 Å². The standard InChI is InChI=1S/C15H25N5O/c1-11-13(16)14(18(2)17-11)15(21)20-9-6-12(10-20)19-7-4-3-5-8-19/h12H,3-10,16H2,1-2H3. The molecule has 2 fully saturated rings. The van der Waals surface area contributed by atoms with Gasteiger partial charge in [-0.15, -0.1) is 0 Å². The monoisotopic (exact) mass is 291 g/mol. The molecule has 3 rings (SSSR count). The molecule has 0 spiro atoms. The van der Waals surface area contributed by atoms with Crippen molar-refractivity contribution >= 4 is 11.6 Å². The summed E-state index contributed by atoms with van der Waals surface area (Å²) in [5.74, 6) is 0.0232. The number of piperidine rings is 1. The number of likely N-dealkylation sites (tertiary alicyclic amines) is 2. The minimum atomic E-state index is 0.0232. The van der Waals surface area contributed by atoms with Crippen LogP contribution in [0.5, 0.6) is 0 Å². The highest BCUT2D eigenvalue weighted by atomic mass is 16.2. The molecule has 6 nitrogen and oxygen atoms in total. The van der Waals surface area contributed by atoms with Gasteiger partial charge in [-0.3, -0.25) is 14.4 Å². The molecule has 1 atom stereocenters. The Kier molecular flexibility index (Phi) is 3.89. The van der Waals surface area contributed by atoms with E-state index in [1.54, 1.807) is 11.7 Å². The molecule has 116 valence electrons. The Labute approximate surface area is 125 Å². The summed E-state index contributed by atoms with van der Waals surface area (Å²) < 4.78 is 1.61. The third-order valence-corrected chi connectivity index (χ3v) is 4.83. The lowest BCUT2D eigenvalue weighted by Gasteiger charge is -2.32. The van der Waals surface area contributed by atoms with Crippen LogP contribution >= 0.6 is 0 Å². The molecule has 3 heterocycles. The summed E-state index contributed by atoms with van der Waals surface area (Å²) >= 11 is 0. The summed E-state index contributed by atoms with van der Waals surface area (Å²) in [5.41, 5.74) is 7.79. The van der Waals surface area contributed by atoms with E-state index in [-0.39, 0.29) is 5.91 Å². The van der Waals surface area contributed by atoms with E-state index in [2.05, 4.69) is 10.00 Å². The van der Waals surface area contributed by atoms with E-state index in [4.69, 9.17) is 5.73 Å². The van der Waals surface area contributed by atoms with Crippen LogP contribution in [0.25, 0.3) is 0 Å². The Hall–Kier alpha value is -1.56. The summed E-state index contributed by atoms with van der Waals surface area (Å²) in [6.07, 6.45) is 5.00. The van der Waals surface area contributed by atoms with Crippen LogP contribution in [-0.2, 0) is 7.05 Å². The molecule has 21 heavy (non-hydrogen) atoms. The number of anilines is 1. The molecule has 1 amide bonds. The van der Waals surface area contributed by atoms with Crippen molar-refractivity contribution in [3.8, 4) is 0 Å². The number of carbonyl (C=O) groups excluding carboxylic acids is 1. The van der Waals surface area contributed by atoms with Crippen molar-refractivity contribution in [2.75, 3.05) is 31.9 Å². The molecular formula is C15H25N5O. The summed E-state index contributed by atoms with van der Waals surface area (Å²) in [6.45, 7) is 5.85. The van der Waals surface area contributed by atoms with Crippen LogP contribution in [0.2, 0.25) is 0 Å². The smallest absolute Gasteiger partial charge is 0.274 e. The highest BCUT2D eigenvalue weighted by molar-refractivity contribution is 5.98. The number of nitrogen functional groups attached to an aromatic ring is 1. The quantitative estimate of drug-likeness (QED) is 0.883. The molecule has 0 radical (unpaired) electrons. The number of hydrogen-bond donors (Lipinski definition) is 1. The first-order valence-electron chi connectivity index (χ1n) is 7.90. The maximum absolute atomic E-state index is 12.7. The molecule has 1 aromatic rings. The largest absolute Gasteiger partial charge is 0.395 e. The topological polar surface area (TPSA) is 67.4 Å². The van der Waals surface area contributed by atoms with Crippen LogP contribution in [0.3, 0.4) is 0 Å². The van der Waals surface area contributed by atoms with Crippen molar-refractivity contribution in [2.45, 2.75) is 38.6 Å². The van der Waals surface area contributed by atoms with Crippen LogP contribution in [-0.4, -0.2) is 57.7 Å². The highest BCUT2D eigenvalue weighted by Gasteiger charge is 2.33. The Morgan fingerprint density at radius 2 is 1.95 bits per heavy atom. The van der Waals surface area contributed by atoms with Crippen molar-refractivity contribution < 1.29 is 4.79 Å². The van der Waals surface area contributed by atoms with Gasteiger partial charge >= 0.3 is 0 Å². The van der Waals surface area contributed by atoms with Crippen molar-refractivity contribution in [1.29, 1.82) is 0 Å². The van der Waals surface area contributed by atoms with Crippen LogP contribution in [0, 0.1) is 6.92 Å². The van der Waals surface area contributed by atoms with E-state index in [1.807, 2.05) is 11.8 Å². The van der Waals surface area contributed by atoms with Gasteiger partial charge in [-0.1, -0.05) is 6.42 Å². The first kappa shape index (κ1) is 14.4. The van der Waals surface area contributed by atoms with Gasteiger partial charge in [-0.2, -0.15) is 5.10 Å². The number of nitrogens with zero attached hydrogens (tertiary/aromatic N) is 4. The molecule has 0 saturated carbocycles. The van der Waals surface area contributed by atoms with E-state index in [0.29, 0.717) is 17.4 Å². The molecule has 0 aliphatic carbocycles. The van der Waals surface area contributed by atoms with Gasteiger partial charge < -0.3 is 10.6 Å². The van der Waals surface area contributed by atoms with Gasteiger partial charge in [0.05, 0.1) is 11.4 Å². The van der Waals surface area contributed by atoms with Crippen molar-refractivity contribution in [3.05, 3.63) is 11.4 Å². The lowest BCUT2D eigenvalue weighted by atomic mass is 10.1. The van der Waals surface area contributed by atoms with Gasteiger partial charge in [0.25, 0.3) is 5.91 Å². The fourth-order valence-electron chi connectivity index (χ4n) is 3.59. The maximum Gasteiger partial charge on any atom is 0.274 e. The number of nitrogens with two attached hydrogens (primary N) is 1. The number of aryl methyl sites for hydroxylation is 2. The fraction of sp³-hybridized carbons (Fsp3) is 0.733. The lowest BCUT2D eigenvalue weighted by Crippen LogP contribution is -2.41. The van der Waals surface area contributed by atoms with Crippen LogP contribution in [0.1, 0.15) is 41.9 Å². The lowest BCUT2D eigenvalue weighted by molar-refractivity contribution is 0.0762. The van der Waals surface area contributed by atoms with Crippen molar-refractivity contribution in [2.24, 2.45) is 7.05 Å². The average molecular weight is 291 g/mol. The molecule has 0 bridgehead atoms. The predicted molar refractivity (Wildman–Crippen MR) is 82.1 cm³/mol. The zero-order chi connectivity index (χ0) is 15.0. The van der Waals surface area contributed by atoms with Crippen LogP contribution < -0.4 is 5.73 Å². The molecule has 2 saturated heterocycles. The Morgan fingerprint density at radius 3 is 2.57 bits per heavy atom. The number of aromatic nitrogens is 2. The predicted octanol–water partition coefficient (Wildman–Crippen LogP) is 1.01. The minimum absolute atomic E-state index is 0.0232. The molecule has 0 aromatic carbocycles. The number of carbonyl (C=O) groups is 1. The summed E-state index contributed by atoms with van der Waals surface area (Å²) in [5, 5.41) is 4.25. The van der Waals surface area contributed by atoms with Gasteiger partial charge in [-0.25, -0.2) is 0 Å². The zero-order valence-electron chi connectivity index (χ0n) is 13.0. The molecular weight excluding hydrogens is 266 g/mol. The third-order valence-electron chi connectivity index (χ3n) is 4.83. The van der Waals surface area contributed by atoms with E-state index >= 15 is 0 Å². The number of amides is 1. The zero-order valence-corrected chi connectivity index (χ0v) is 13.0. The van der Waals surface area contributed by atoms with Crippen LogP contribution in [0.4, 0.5) is 5.69 Å².